The Morgan fingerprint density at radius 3 is 2.80 bits per heavy atom. The molecule has 0 unspecified atom stereocenters. The van der Waals surface area contributed by atoms with Gasteiger partial charge in [0.15, 0.2) is 0 Å². The Balaban J connectivity index is 1.87. The van der Waals surface area contributed by atoms with Gasteiger partial charge in [0.1, 0.15) is 5.75 Å². The van der Waals surface area contributed by atoms with E-state index in [1.54, 1.807) is 17.4 Å². The first-order chi connectivity index (χ1) is 9.63. The lowest BCUT2D eigenvalue weighted by molar-refractivity contribution is 0.102. The van der Waals surface area contributed by atoms with E-state index in [0.717, 1.165) is 10.1 Å². The van der Waals surface area contributed by atoms with Crippen molar-refractivity contribution in [3.63, 3.8) is 0 Å². The molecule has 3 nitrogen and oxygen atoms in total. The molecule has 5 heteroatoms. The van der Waals surface area contributed by atoms with E-state index in [9.17, 15) is 9.90 Å². The number of thiophene rings is 1. The van der Waals surface area contributed by atoms with Crippen LogP contribution in [0.3, 0.4) is 0 Å². The molecule has 20 heavy (non-hydrogen) atoms. The second-order valence-corrected chi connectivity index (χ2v) is 5.67. The number of rotatable bonds is 2. The van der Waals surface area contributed by atoms with Crippen LogP contribution >= 0.6 is 22.9 Å². The van der Waals surface area contributed by atoms with Crippen molar-refractivity contribution in [3.8, 4) is 5.75 Å². The lowest BCUT2D eigenvalue weighted by Crippen LogP contribution is -2.11. The highest BCUT2D eigenvalue weighted by Gasteiger charge is 2.11. The van der Waals surface area contributed by atoms with Crippen molar-refractivity contribution in [2.45, 2.75) is 0 Å². The summed E-state index contributed by atoms with van der Waals surface area (Å²) in [5.41, 5.74) is 0.884. The fourth-order valence-corrected chi connectivity index (χ4v) is 2.88. The molecule has 0 aliphatic heterocycles. The van der Waals surface area contributed by atoms with Crippen LogP contribution in [0.15, 0.2) is 47.8 Å². The lowest BCUT2D eigenvalue weighted by atomic mass is 10.1. The molecule has 1 heterocycles. The van der Waals surface area contributed by atoms with Gasteiger partial charge >= 0.3 is 0 Å². The van der Waals surface area contributed by atoms with E-state index in [0.29, 0.717) is 10.7 Å². The largest absolute Gasteiger partial charge is 0.507 e. The number of anilines is 1. The molecule has 0 bridgehead atoms. The van der Waals surface area contributed by atoms with Gasteiger partial charge in [-0.05, 0) is 53.2 Å². The van der Waals surface area contributed by atoms with Crippen LogP contribution in [0.5, 0.6) is 5.75 Å². The summed E-state index contributed by atoms with van der Waals surface area (Å²) >= 11 is 7.39. The zero-order valence-corrected chi connectivity index (χ0v) is 11.8. The second kappa shape index (κ2) is 5.15. The summed E-state index contributed by atoms with van der Waals surface area (Å²) in [4.78, 5) is 12.1. The number of amides is 1. The number of aromatic hydroxyl groups is 1. The standard InChI is InChI=1S/C15H10ClNO2S/c16-10-1-3-12(13(18)8-10)15(19)17-11-2-4-14-9(7-11)5-6-20-14/h1-8,18H,(H,17,19). The van der Waals surface area contributed by atoms with Crippen LogP contribution in [0.4, 0.5) is 5.69 Å². The fraction of sp³-hybridized carbons (Fsp3) is 0. The minimum Gasteiger partial charge on any atom is -0.507 e. The molecule has 0 saturated carbocycles. The summed E-state index contributed by atoms with van der Waals surface area (Å²) in [6.07, 6.45) is 0. The Morgan fingerprint density at radius 2 is 2.00 bits per heavy atom. The Labute approximate surface area is 124 Å². The minimum atomic E-state index is -0.367. The normalized spacial score (nSPS) is 10.7. The molecule has 0 fully saturated rings. The van der Waals surface area contributed by atoms with Crippen molar-refractivity contribution < 1.29 is 9.90 Å². The van der Waals surface area contributed by atoms with Crippen molar-refractivity contribution in [1.29, 1.82) is 0 Å². The first-order valence-electron chi connectivity index (χ1n) is 5.90. The molecule has 3 aromatic rings. The Kier molecular flexibility index (Phi) is 3.34. The monoisotopic (exact) mass is 303 g/mol. The Morgan fingerprint density at radius 1 is 1.15 bits per heavy atom. The Bertz CT molecular complexity index is 797. The van der Waals surface area contributed by atoms with Crippen molar-refractivity contribution in [1.82, 2.24) is 0 Å². The number of carbonyl (C=O) groups excluding carboxylic acids is 1. The van der Waals surface area contributed by atoms with Gasteiger partial charge in [-0.15, -0.1) is 11.3 Å². The van der Waals surface area contributed by atoms with E-state index >= 15 is 0 Å². The zero-order chi connectivity index (χ0) is 14.1. The van der Waals surface area contributed by atoms with Crippen LogP contribution in [0, 0.1) is 0 Å². The minimum absolute atomic E-state index is 0.133. The number of hydrogen-bond donors (Lipinski definition) is 2. The van der Waals surface area contributed by atoms with Gasteiger partial charge in [0.25, 0.3) is 5.91 Å². The van der Waals surface area contributed by atoms with Crippen LogP contribution in [-0.4, -0.2) is 11.0 Å². The van der Waals surface area contributed by atoms with Gasteiger partial charge in [-0.3, -0.25) is 4.79 Å². The van der Waals surface area contributed by atoms with E-state index in [1.807, 2.05) is 29.6 Å². The summed E-state index contributed by atoms with van der Waals surface area (Å²) in [6.45, 7) is 0. The van der Waals surface area contributed by atoms with Gasteiger partial charge in [0.05, 0.1) is 5.56 Å². The number of hydrogen-bond acceptors (Lipinski definition) is 3. The summed E-state index contributed by atoms with van der Waals surface area (Å²) in [5.74, 6) is -0.500. The lowest BCUT2D eigenvalue weighted by Gasteiger charge is -2.07. The van der Waals surface area contributed by atoms with Crippen molar-refractivity contribution in [3.05, 3.63) is 58.4 Å². The molecule has 0 aliphatic carbocycles. The molecular formula is C15H10ClNO2S. The molecule has 0 aliphatic rings. The maximum atomic E-state index is 12.1. The average Bonchev–Trinajstić information content (AvgIpc) is 2.85. The second-order valence-electron chi connectivity index (χ2n) is 4.29. The van der Waals surface area contributed by atoms with E-state index in [1.165, 1.54) is 12.1 Å². The van der Waals surface area contributed by atoms with Crippen molar-refractivity contribution in [2.24, 2.45) is 0 Å². The predicted octanol–water partition coefficient (Wildman–Crippen LogP) is 4.51. The van der Waals surface area contributed by atoms with Crippen LogP contribution in [0.1, 0.15) is 10.4 Å². The number of carbonyl (C=O) groups is 1. The van der Waals surface area contributed by atoms with Crippen molar-refractivity contribution in [2.75, 3.05) is 5.32 Å². The summed E-state index contributed by atoms with van der Waals surface area (Å²) in [6, 6.07) is 12.1. The van der Waals surface area contributed by atoms with E-state index in [-0.39, 0.29) is 17.2 Å². The van der Waals surface area contributed by atoms with Crippen LogP contribution in [0.25, 0.3) is 10.1 Å². The number of halogens is 1. The maximum absolute atomic E-state index is 12.1. The highest BCUT2D eigenvalue weighted by Crippen LogP contribution is 2.26. The molecule has 0 saturated heterocycles. The van der Waals surface area contributed by atoms with Crippen LogP contribution in [-0.2, 0) is 0 Å². The smallest absolute Gasteiger partial charge is 0.259 e. The fourth-order valence-electron chi connectivity index (χ4n) is 1.94. The molecule has 0 spiro atoms. The van der Waals surface area contributed by atoms with E-state index in [4.69, 9.17) is 11.6 Å². The molecular weight excluding hydrogens is 294 g/mol. The topological polar surface area (TPSA) is 49.3 Å². The third-order valence-electron chi connectivity index (χ3n) is 2.91. The van der Waals surface area contributed by atoms with Gasteiger partial charge in [-0.2, -0.15) is 0 Å². The molecule has 100 valence electrons. The quantitative estimate of drug-likeness (QED) is 0.731. The Hall–Kier alpha value is -2.04. The average molecular weight is 304 g/mol. The molecule has 0 radical (unpaired) electrons. The zero-order valence-electron chi connectivity index (χ0n) is 10.3. The molecule has 3 rings (SSSR count). The van der Waals surface area contributed by atoms with Gasteiger partial charge in [0, 0.05) is 15.4 Å². The molecule has 2 aromatic carbocycles. The summed E-state index contributed by atoms with van der Waals surface area (Å²) < 4.78 is 1.16. The highest BCUT2D eigenvalue weighted by molar-refractivity contribution is 7.17. The van der Waals surface area contributed by atoms with E-state index < -0.39 is 0 Å². The number of nitrogens with one attached hydrogen (secondary N) is 1. The van der Waals surface area contributed by atoms with Gasteiger partial charge in [-0.1, -0.05) is 11.6 Å². The van der Waals surface area contributed by atoms with Gasteiger partial charge in [-0.25, -0.2) is 0 Å². The predicted molar refractivity (Wildman–Crippen MR) is 82.9 cm³/mol. The summed E-state index contributed by atoms with van der Waals surface area (Å²) in [5, 5.41) is 16.0. The third kappa shape index (κ3) is 2.48. The number of phenols is 1. The highest BCUT2D eigenvalue weighted by atomic mass is 35.5. The third-order valence-corrected chi connectivity index (χ3v) is 4.05. The number of fused-ring (bicyclic) bond motifs is 1. The van der Waals surface area contributed by atoms with Crippen LogP contribution < -0.4 is 5.32 Å². The number of benzene rings is 2. The first-order valence-corrected chi connectivity index (χ1v) is 7.16. The first kappa shape index (κ1) is 13.0. The molecule has 0 atom stereocenters. The maximum Gasteiger partial charge on any atom is 0.259 e. The molecule has 1 aromatic heterocycles. The number of phenolic OH excluding ortho intramolecular Hbond substituents is 1. The van der Waals surface area contributed by atoms with Gasteiger partial charge in [0.2, 0.25) is 0 Å². The molecule has 1 amide bonds. The van der Waals surface area contributed by atoms with Gasteiger partial charge < -0.3 is 10.4 Å². The summed E-state index contributed by atoms with van der Waals surface area (Å²) in [7, 11) is 0. The SMILES string of the molecule is O=C(Nc1ccc2sccc2c1)c1ccc(Cl)cc1O. The van der Waals surface area contributed by atoms with Crippen LogP contribution in [0.2, 0.25) is 5.02 Å². The van der Waals surface area contributed by atoms with Crippen molar-refractivity contribution >= 4 is 44.6 Å². The van der Waals surface area contributed by atoms with E-state index in [2.05, 4.69) is 5.32 Å². The molecule has 2 N–H and O–H groups in total.